The van der Waals surface area contributed by atoms with Crippen molar-refractivity contribution in [2.24, 2.45) is 0 Å². The number of hydrogen-bond acceptors (Lipinski definition) is 4. The monoisotopic (exact) mass is 380 g/mol. The number of esters is 1. The number of carbonyl (C=O) groups excluding carboxylic acids is 2. The molecule has 1 amide bonds. The minimum atomic E-state index is -0.754. The van der Waals surface area contributed by atoms with Crippen LogP contribution in [0.25, 0.3) is 10.9 Å². The first kappa shape index (κ1) is 19.5. The Kier molecular flexibility index (Phi) is 6.32. The summed E-state index contributed by atoms with van der Waals surface area (Å²) in [6, 6.07) is 14.7. The first-order valence-corrected chi connectivity index (χ1v) is 9.21. The van der Waals surface area contributed by atoms with E-state index in [9.17, 15) is 9.59 Å². The van der Waals surface area contributed by atoms with Gasteiger partial charge in [0.2, 0.25) is 5.91 Å². The molecule has 0 saturated heterocycles. The number of para-hydroxylation sites is 1. The first-order chi connectivity index (χ1) is 13.5. The van der Waals surface area contributed by atoms with E-state index in [0.29, 0.717) is 6.42 Å². The molecule has 6 heteroatoms. The molecule has 0 aliphatic rings. The van der Waals surface area contributed by atoms with E-state index in [2.05, 4.69) is 10.3 Å². The number of hydrogen-bond donors (Lipinski definition) is 2. The quantitative estimate of drug-likeness (QED) is 0.465. The number of benzene rings is 2. The van der Waals surface area contributed by atoms with E-state index in [0.717, 1.165) is 27.8 Å². The second kappa shape index (κ2) is 9.08. The van der Waals surface area contributed by atoms with E-state index in [1.54, 1.807) is 0 Å². The third-order valence-electron chi connectivity index (χ3n) is 4.38. The van der Waals surface area contributed by atoms with Gasteiger partial charge >= 0.3 is 5.97 Å². The van der Waals surface area contributed by atoms with Gasteiger partial charge in [0.15, 0.2) is 0 Å². The van der Waals surface area contributed by atoms with E-state index >= 15 is 0 Å². The van der Waals surface area contributed by atoms with Crippen molar-refractivity contribution >= 4 is 22.8 Å². The summed E-state index contributed by atoms with van der Waals surface area (Å²) >= 11 is 0. The molecule has 1 heterocycles. The number of ether oxygens (including phenoxy) is 2. The smallest absolute Gasteiger partial charge is 0.329 e. The summed E-state index contributed by atoms with van der Waals surface area (Å²) in [6.45, 7) is 3.74. The molecule has 2 aromatic carbocycles. The molecule has 1 atom stereocenters. The van der Waals surface area contributed by atoms with Gasteiger partial charge in [0.05, 0.1) is 0 Å². The van der Waals surface area contributed by atoms with Crippen molar-refractivity contribution < 1.29 is 19.1 Å². The molecule has 0 spiro atoms. The Hall–Kier alpha value is -3.28. The molecule has 0 radical (unpaired) electrons. The largest absolute Gasteiger partial charge is 0.490 e. The highest BCUT2D eigenvalue weighted by Gasteiger charge is 2.23. The number of H-pyrrole nitrogens is 1. The van der Waals surface area contributed by atoms with Crippen LogP contribution in [0.1, 0.15) is 18.1 Å². The highest BCUT2D eigenvalue weighted by molar-refractivity contribution is 5.86. The van der Waals surface area contributed by atoms with E-state index in [1.165, 1.54) is 6.92 Å². The number of nitrogens with one attached hydrogen (secondary N) is 2. The normalized spacial score (nSPS) is 11.8. The second-order valence-corrected chi connectivity index (χ2v) is 6.65. The van der Waals surface area contributed by atoms with Crippen molar-refractivity contribution in [3.63, 3.8) is 0 Å². The predicted octanol–water partition coefficient (Wildman–Crippen LogP) is 3.15. The van der Waals surface area contributed by atoms with Gasteiger partial charge in [-0.25, -0.2) is 4.79 Å². The summed E-state index contributed by atoms with van der Waals surface area (Å²) < 4.78 is 10.9. The number of amides is 1. The van der Waals surface area contributed by atoms with Crippen molar-refractivity contribution in [1.82, 2.24) is 10.3 Å². The zero-order valence-electron chi connectivity index (χ0n) is 16.0. The molecule has 3 rings (SSSR count). The standard InChI is InChI=1S/C22H24N2O4/c1-15-7-9-18(10-8-15)27-11-12-28-22(26)21(24-16(2)25)13-17-14-23-20-6-4-3-5-19(17)20/h3-10,14,21,23H,11-13H2,1-2H3,(H,24,25)/t21-/m0/s1. The lowest BCUT2D eigenvalue weighted by atomic mass is 10.0. The van der Waals surface area contributed by atoms with Crippen LogP contribution in [0.3, 0.4) is 0 Å². The lowest BCUT2D eigenvalue weighted by Gasteiger charge is -2.17. The predicted molar refractivity (Wildman–Crippen MR) is 107 cm³/mol. The zero-order chi connectivity index (χ0) is 19.9. The number of aromatic nitrogens is 1. The number of aryl methyl sites for hydroxylation is 1. The topological polar surface area (TPSA) is 80.4 Å². The van der Waals surface area contributed by atoms with E-state index in [4.69, 9.17) is 9.47 Å². The van der Waals surface area contributed by atoms with Crippen molar-refractivity contribution in [2.75, 3.05) is 13.2 Å². The molecule has 28 heavy (non-hydrogen) atoms. The van der Waals surface area contributed by atoms with E-state index in [-0.39, 0.29) is 19.1 Å². The van der Waals surface area contributed by atoms with E-state index in [1.807, 2.05) is 61.7 Å². The van der Waals surface area contributed by atoms with Gasteiger partial charge < -0.3 is 19.8 Å². The van der Waals surface area contributed by atoms with Crippen LogP contribution in [0.5, 0.6) is 5.75 Å². The van der Waals surface area contributed by atoms with Gasteiger partial charge in [0.1, 0.15) is 25.0 Å². The van der Waals surface area contributed by atoms with Gasteiger partial charge in [-0.3, -0.25) is 4.79 Å². The maximum Gasteiger partial charge on any atom is 0.329 e. The maximum absolute atomic E-state index is 12.5. The molecule has 0 fully saturated rings. The van der Waals surface area contributed by atoms with Crippen LogP contribution >= 0.6 is 0 Å². The van der Waals surface area contributed by atoms with Crippen molar-refractivity contribution in [3.8, 4) is 5.75 Å². The van der Waals surface area contributed by atoms with Gasteiger partial charge in [0, 0.05) is 30.4 Å². The lowest BCUT2D eigenvalue weighted by molar-refractivity contribution is -0.148. The summed E-state index contributed by atoms with van der Waals surface area (Å²) in [5, 5.41) is 3.70. The maximum atomic E-state index is 12.5. The number of fused-ring (bicyclic) bond motifs is 1. The summed E-state index contributed by atoms with van der Waals surface area (Å²) in [5.41, 5.74) is 3.08. The Balaban J connectivity index is 1.57. The van der Waals surface area contributed by atoms with Gasteiger partial charge in [-0.2, -0.15) is 0 Å². The molecular formula is C22H24N2O4. The minimum absolute atomic E-state index is 0.108. The van der Waals surface area contributed by atoms with Gasteiger partial charge in [-0.15, -0.1) is 0 Å². The molecule has 3 aromatic rings. The molecule has 0 aliphatic carbocycles. The fourth-order valence-electron chi connectivity index (χ4n) is 3.00. The Morgan fingerprint density at radius 3 is 2.57 bits per heavy atom. The third kappa shape index (κ3) is 5.13. The Bertz CT molecular complexity index is 947. The first-order valence-electron chi connectivity index (χ1n) is 9.21. The van der Waals surface area contributed by atoms with Gasteiger partial charge in [-0.05, 0) is 30.7 Å². The molecule has 0 unspecified atom stereocenters. The summed E-state index contributed by atoms with van der Waals surface area (Å²) in [6.07, 6.45) is 2.20. The molecule has 0 saturated carbocycles. The van der Waals surface area contributed by atoms with Crippen molar-refractivity contribution in [3.05, 3.63) is 65.9 Å². The zero-order valence-corrected chi connectivity index (χ0v) is 16.0. The summed E-state index contributed by atoms with van der Waals surface area (Å²) in [7, 11) is 0. The van der Waals surface area contributed by atoms with Crippen LogP contribution < -0.4 is 10.1 Å². The molecule has 2 N–H and O–H groups in total. The van der Waals surface area contributed by atoms with Crippen LogP contribution in [-0.2, 0) is 20.7 Å². The summed E-state index contributed by atoms with van der Waals surface area (Å²) in [4.78, 5) is 27.2. The van der Waals surface area contributed by atoms with Crippen LogP contribution in [-0.4, -0.2) is 36.1 Å². The molecule has 6 nitrogen and oxygen atoms in total. The van der Waals surface area contributed by atoms with Crippen LogP contribution in [0, 0.1) is 6.92 Å². The van der Waals surface area contributed by atoms with Gasteiger partial charge in [-0.1, -0.05) is 35.9 Å². The molecular weight excluding hydrogens is 356 g/mol. The highest BCUT2D eigenvalue weighted by Crippen LogP contribution is 2.19. The molecule has 0 aliphatic heterocycles. The Morgan fingerprint density at radius 2 is 1.82 bits per heavy atom. The lowest BCUT2D eigenvalue weighted by Crippen LogP contribution is -2.42. The fraction of sp³-hybridized carbons (Fsp3) is 0.273. The number of rotatable bonds is 8. The minimum Gasteiger partial charge on any atom is -0.490 e. The summed E-state index contributed by atoms with van der Waals surface area (Å²) in [5.74, 6) is -0.0375. The molecule has 1 aromatic heterocycles. The number of aromatic amines is 1. The van der Waals surface area contributed by atoms with Crippen LogP contribution in [0.2, 0.25) is 0 Å². The number of carbonyl (C=O) groups is 2. The average molecular weight is 380 g/mol. The van der Waals surface area contributed by atoms with Crippen molar-refractivity contribution in [2.45, 2.75) is 26.3 Å². The fourth-order valence-corrected chi connectivity index (χ4v) is 3.00. The average Bonchev–Trinajstić information content (AvgIpc) is 3.08. The van der Waals surface area contributed by atoms with Crippen molar-refractivity contribution in [1.29, 1.82) is 0 Å². The van der Waals surface area contributed by atoms with Crippen LogP contribution in [0.4, 0.5) is 0 Å². The third-order valence-corrected chi connectivity index (χ3v) is 4.38. The highest BCUT2D eigenvalue weighted by atomic mass is 16.6. The van der Waals surface area contributed by atoms with Gasteiger partial charge in [0.25, 0.3) is 0 Å². The molecule has 0 bridgehead atoms. The second-order valence-electron chi connectivity index (χ2n) is 6.65. The Morgan fingerprint density at radius 1 is 1.07 bits per heavy atom. The van der Waals surface area contributed by atoms with E-state index < -0.39 is 12.0 Å². The SMILES string of the molecule is CC(=O)N[C@@H](Cc1c[nH]c2ccccc12)C(=O)OCCOc1ccc(C)cc1. The Labute approximate surface area is 163 Å². The van der Waals surface area contributed by atoms with Crippen LogP contribution in [0.15, 0.2) is 54.7 Å². The molecule has 146 valence electrons.